The van der Waals surface area contributed by atoms with E-state index in [0.29, 0.717) is 44.2 Å². The zero-order chi connectivity index (χ0) is 22.3. The average Bonchev–Trinajstić information content (AvgIpc) is 3.21. The lowest BCUT2D eigenvalue weighted by Gasteiger charge is -2.20. The molecule has 1 aliphatic rings. The highest BCUT2D eigenvalue weighted by molar-refractivity contribution is 6.01. The highest BCUT2D eigenvalue weighted by Crippen LogP contribution is 2.33. The van der Waals surface area contributed by atoms with Gasteiger partial charge in [-0.3, -0.25) is 14.6 Å². The summed E-state index contributed by atoms with van der Waals surface area (Å²) in [5, 5.41) is 3.96. The summed E-state index contributed by atoms with van der Waals surface area (Å²) in [6, 6.07) is 17.1. The molecule has 1 fully saturated rings. The number of fused-ring (bicyclic) bond motifs is 1. The molecule has 0 aliphatic carbocycles. The highest BCUT2D eigenvalue weighted by Gasteiger charge is 2.36. The van der Waals surface area contributed by atoms with Crippen LogP contribution in [0.2, 0.25) is 0 Å². The van der Waals surface area contributed by atoms with Gasteiger partial charge in [0.25, 0.3) is 0 Å². The fraction of sp³-hybridized carbons (Fsp3) is 0.320. The molecule has 0 spiro atoms. The Morgan fingerprint density at radius 3 is 2.78 bits per heavy atom. The van der Waals surface area contributed by atoms with Crippen LogP contribution in [0.3, 0.4) is 0 Å². The number of nitrogens with one attached hydrogen (secondary N) is 1. The standard InChI is InChI=1S/C25H27N3O4/c1-2-31-21-11-4-3-10-20(21)28-17-19(16-23(28)29)25(30)27-14-7-15-32-22-12-5-8-18-9-6-13-26-24(18)22/h3-6,8-13,19H,2,7,14-17H2,1H3,(H,27,30). The third kappa shape index (κ3) is 4.82. The number of para-hydroxylation sites is 3. The summed E-state index contributed by atoms with van der Waals surface area (Å²) in [7, 11) is 0. The maximum atomic E-state index is 12.6. The number of aromatic nitrogens is 1. The fourth-order valence-corrected chi connectivity index (χ4v) is 3.88. The van der Waals surface area contributed by atoms with Gasteiger partial charge in [0, 0.05) is 31.1 Å². The van der Waals surface area contributed by atoms with Gasteiger partial charge in [0.1, 0.15) is 17.0 Å². The number of hydrogen-bond acceptors (Lipinski definition) is 5. The van der Waals surface area contributed by atoms with Crippen LogP contribution in [0.15, 0.2) is 60.8 Å². The predicted molar refractivity (Wildman–Crippen MR) is 123 cm³/mol. The molecule has 1 N–H and O–H groups in total. The van der Waals surface area contributed by atoms with E-state index in [1.165, 1.54) is 0 Å². The molecule has 1 atom stereocenters. The summed E-state index contributed by atoms with van der Waals surface area (Å²) in [5.74, 6) is 0.843. The second kappa shape index (κ2) is 10.1. The van der Waals surface area contributed by atoms with E-state index in [1.807, 2.05) is 61.5 Å². The van der Waals surface area contributed by atoms with Gasteiger partial charge in [0.2, 0.25) is 11.8 Å². The van der Waals surface area contributed by atoms with E-state index in [4.69, 9.17) is 9.47 Å². The van der Waals surface area contributed by atoms with Crippen molar-refractivity contribution < 1.29 is 19.1 Å². The van der Waals surface area contributed by atoms with Gasteiger partial charge in [0.15, 0.2) is 0 Å². The van der Waals surface area contributed by atoms with Crippen LogP contribution in [0, 0.1) is 5.92 Å². The minimum atomic E-state index is -0.375. The number of pyridine rings is 1. The molecule has 7 heteroatoms. The van der Waals surface area contributed by atoms with E-state index in [9.17, 15) is 9.59 Å². The molecule has 1 saturated heterocycles. The molecular weight excluding hydrogens is 406 g/mol. The summed E-state index contributed by atoms with van der Waals surface area (Å²) >= 11 is 0. The molecular formula is C25H27N3O4. The Balaban J connectivity index is 1.26. The van der Waals surface area contributed by atoms with Crippen LogP contribution in [-0.2, 0) is 9.59 Å². The largest absolute Gasteiger partial charge is 0.492 e. The number of carbonyl (C=O) groups is 2. The molecule has 0 radical (unpaired) electrons. The Morgan fingerprint density at radius 2 is 1.91 bits per heavy atom. The third-order valence-corrected chi connectivity index (χ3v) is 5.43. The number of anilines is 1. The van der Waals surface area contributed by atoms with Crippen molar-refractivity contribution in [3.05, 3.63) is 60.8 Å². The van der Waals surface area contributed by atoms with Crippen molar-refractivity contribution in [2.75, 3.05) is 31.2 Å². The molecule has 2 amide bonds. The van der Waals surface area contributed by atoms with E-state index in [0.717, 1.165) is 16.7 Å². The van der Waals surface area contributed by atoms with E-state index < -0.39 is 0 Å². The quantitative estimate of drug-likeness (QED) is 0.522. The summed E-state index contributed by atoms with van der Waals surface area (Å²) in [6.07, 6.45) is 2.60. The van der Waals surface area contributed by atoms with Crippen molar-refractivity contribution in [2.24, 2.45) is 5.92 Å². The third-order valence-electron chi connectivity index (χ3n) is 5.43. The Bertz CT molecular complexity index is 1100. The van der Waals surface area contributed by atoms with Crippen molar-refractivity contribution in [1.29, 1.82) is 0 Å². The van der Waals surface area contributed by atoms with Crippen LogP contribution in [0.4, 0.5) is 5.69 Å². The van der Waals surface area contributed by atoms with Crippen molar-refractivity contribution in [2.45, 2.75) is 19.8 Å². The lowest BCUT2D eigenvalue weighted by Crippen LogP contribution is -2.34. The molecule has 0 saturated carbocycles. The Labute approximate surface area is 187 Å². The van der Waals surface area contributed by atoms with Gasteiger partial charge in [-0.15, -0.1) is 0 Å². The Hall–Kier alpha value is -3.61. The molecule has 2 heterocycles. The van der Waals surface area contributed by atoms with Gasteiger partial charge in [-0.05, 0) is 37.6 Å². The molecule has 1 aliphatic heterocycles. The number of benzene rings is 2. The summed E-state index contributed by atoms with van der Waals surface area (Å²) in [6.45, 7) is 3.72. The van der Waals surface area contributed by atoms with Crippen LogP contribution >= 0.6 is 0 Å². The first-order valence-electron chi connectivity index (χ1n) is 10.9. The number of hydrogen-bond donors (Lipinski definition) is 1. The Morgan fingerprint density at radius 1 is 1.09 bits per heavy atom. The average molecular weight is 434 g/mol. The summed E-state index contributed by atoms with van der Waals surface area (Å²) in [5.41, 5.74) is 1.54. The van der Waals surface area contributed by atoms with Crippen LogP contribution < -0.4 is 19.7 Å². The summed E-state index contributed by atoms with van der Waals surface area (Å²) < 4.78 is 11.5. The topological polar surface area (TPSA) is 80.8 Å². The molecule has 3 aromatic rings. The first-order valence-corrected chi connectivity index (χ1v) is 10.9. The normalized spacial score (nSPS) is 15.7. The second-order valence-electron chi connectivity index (χ2n) is 7.63. The van der Waals surface area contributed by atoms with Crippen LogP contribution in [0.25, 0.3) is 10.9 Å². The molecule has 2 aromatic carbocycles. The Kier molecular flexibility index (Phi) is 6.84. The lowest BCUT2D eigenvalue weighted by atomic mass is 10.1. The smallest absolute Gasteiger partial charge is 0.227 e. The van der Waals surface area contributed by atoms with Crippen molar-refractivity contribution in [3.63, 3.8) is 0 Å². The molecule has 4 rings (SSSR count). The molecule has 1 aromatic heterocycles. The van der Waals surface area contributed by atoms with Crippen molar-refractivity contribution in [3.8, 4) is 11.5 Å². The van der Waals surface area contributed by atoms with Gasteiger partial charge < -0.3 is 19.7 Å². The second-order valence-corrected chi connectivity index (χ2v) is 7.63. The van der Waals surface area contributed by atoms with Gasteiger partial charge in [-0.1, -0.05) is 30.3 Å². The molecule has 166 valence electrons. The number of ether oxygens (including phenoxy) is 2. The minimum Gasteiger partial charge on any atom is -0.492 e. The predicted octanol–water partition coefficient (Wildman–Crippen LogP) is 3.57. The zero-order valence-corrected chi connectivity index (χ0v) is 18.1. The van der Waals surface area contributed by atoms with E-state index in [2.05, 4.69) is 10.3 Å². The van der Waals surface area contributed by atoms with Crippen LogP contribution in [0.5, 0.6) is 11.5 Å². The molecule has 1 unspecified atom stereocenters. The first-order chi connectivity index (χ1) is 15.7. The zero-order valence-electron chi connectivity index (χ0n) is 18.1. The number of nitrogens with zero attached hydrogens (tertiary/aromatic N) is 2. The van der Waals surface area contributed by atoms with E-state index >= 15 is 0 Å². The van der Waals surface area contributed by atoms with Crippen molar-refractivity contribution in [1.82, 2.24) is 10.3 Å². The maximum absolute atomic E-state index is 12.6. The van der Waals surface area contributed by atoms with Crippen LogP contribution in [0.1, 0.15) is 19.8 Å². The molecule has 0 bridgehead atoms. The monoisotopic (exact) mass is 433 g/mol. The number of amides is 2. The van der Waals surface area contributed by atoms with Gasteiger partial charge >= 0.3 is 0 Å². The van der Waals surface area contributed by atoms with Gasteiger partial charge in [0.05, 0.1) is 24.8 Å². The number of rotatable bonds is 9. The van der Waals surface area contributed by atoms with Gasteiger partial charge in [-0.2, -0.15) is 0 Å². The maximum Gasteiger partial charge on any atom is 0.227 e. The van der Waals surface area contributed by atoms with Crippen LogP contribution in [-0.4, -0.2) is 43.1 Å². The molecule has 7 nitrogen and oxygen atoms in total. The minimum absolute atomic E-state index is 0.0657. The fourth-order valence-electron chi connectivity index (χ4n) is 3.88. The first kappa shape index (κ1) is 21.6. The molecule has 32 heavy (non-hydrogen) atoms. The van der Waals surface area contributed by atoms with E-state index in [1.54, 1.807) is 11.1 Å². The highest BCUT2D eigenvalue weighted by atomic mass is 16.5. The summed E-state index contributed by atoms with van der Waals surface area (Å²) in [4.78, 5) is 31.2. The lowest BCUT2D eigenvalue weighted by molar-refractivity contribution is -0.126. The van der Waals surface area contributed by atoms with E-state index in [-0.39, 0.29) is 24.2 Å². The SMILES string of the molecule is CCOc1ccccc1N1CC(C(=O)NCCCOc2cccc3cccnc23)CC1=O. The van der Waals surface area contributed by atoms with Gasteiger partial charge in [-0.25, -0.2) is 0 Å². The van der Waals surface area contributed by atoms with Crippen molar-refractivity contribution >= 4 is 28.4 Å². The number of carbonyl (C=O) groups excluding carboxylic acids is 2.